The third kappa shape index (κ3) is 3.89. The quantitative estimate of drug-likeness (QED) is 0.478. The largest absolute Gasteiger partial charge is 0.337 e. The van der Waals surface area contributed by atoms with Crippen LogP contribution in [0.15, 0.2) is 53.3 Å². The van der Waals surface area contributed by atoms with Gasteiger partial charge in [0.1, 0.15) is 0 Å². The van der Waals surface area contributed by atoms with E-state index in [4.69, 9.17) is 0 Å². The average molecular weight is 434 g/mol. The smallest absolute Gasteiger partial charge is 0.288 e. The highest BCUT2D eigenvalue weighted by atomic mass is 19.1. The van der Waals surface area contributed by atoms with Crippen LogP contribution in [-0.4, -0.2) is 35.7 Å². The number of benzene rings is 2. The van der Waals surface area contributed by atoms with Crippen molar-refractivity contribution in [2.45, 2.75) is 39.7 Å². The third-order valence-corrected chi connectivity index (χ3v) is 5.34. The lowest BCUT2D eigenvalue weighted by Gasteiger charge is -2.10. The van der Waals surface area contributed by atoms with E-state index in [2.05, 4.69) is 20.6 Å². The van der Waals surface area contributed by atoms with Crippen molar-refractivity contribution in [3.05, 3.63) is 76.2 Å². The number of carbonyl (C=O) groups excluding carboxylic acids is 1. The van der Waals surface area contributed by atoms with Crippen LogP contribution in [0.1, 0.15) is 42.7 Å². The zero-order chi connectivity index (χ0) is 22.7. The maximum absolute atomic E-state index is 14.8. The van der Waals surface area contributed by atoms with Gasteiger partial charge < -0.3 is 0 Å². The van der Waals surface area contributed by atoms with Crippen LogP contribution < -0.4 is 5.69 Å². The number of hydrogen-bond donors (Lipinski definition) is 1. The molecule has 4 rings (SSSR count). The van der Waals surface area contributed by atoms with Gasteiger partial charge >= 0.3 is 5.69 Å². The van der Waals surface area contributed by atoms with Gasteiger partial charge in [-0.15, -0.1) is 10.2 Å². The van der Waals surface area contributed by atoms with E-state index in [1.165, 1.54) is 4.57 Å². The highest BCUT2D eigenvalue weighted by Gasteiger charge is 2.23. The molecular formula is C23H23FN6O2. The van der Waals surface area contributed by atoms with Gasteiger partial charge in [0.05, 0.1) is 12.2 Å². The molecule has 2 aromatic heterocycles. The van der Waals surface area contributed by atoms with Crippen LogP contribution in [0.25, 0.3) is 22.5 Å². The summed E-state index contributed by atoms with van der Waals surface area (Å²) in [4.78, 5) is 24.9. The summed E-state index contributed by atoms with van der Waals surface area (Å²) in [7, 11) is 0. The Balaban J connectivity index is 1.68. The number of nitrogens with zero attached hydrogens (tertiary/aromatic N) is 5. The Hall–Kier alpha value is -3.88. The molecule has 0 aliphatic carbocycles. The van der Waals surface area contributed by atoms with Crippen molar-refractivity contribution in [2.24, 2.45) is 0 Å². The highest BCUT2D eigenvalue weighted by Crippen LogP contribution is 2.29. The highest BCUT2D eigenvalue weighted by molar-refractivity contribution is 5.80. The fraction of sp³-hybridized carbons (Fsp3) is 0.261. The van der Waals surface area contributed by atoms with E-state index < -0.39 is 17.5 Å². The van der Waals surface area contributed by atoms with Crippen LogP contribution >= 0.6 is 0 Å². The second kappa shape index (κ2) is 9.09. The number of H-pyrrole nitrogens is 1. The van der Waals surface area contributed by atoms with Gasteiger partial charge in [-0.2, -0.15) is 9.60 Å². The first-order valence-corrected chi connectivity index (χ1v) is 10.5. The number of tetrazole rings is 1. The van der Waals surface area contributed by atoms with E-state index in [1.807, 2.05) is 55.5 Å². The fourth-order valence-electron chi connectivity index (χ4n) is 3.75. The summed E-state index contributed by atoms with van der Waals surface area (Å²) < 4.78 is 16.9. The Kier molecular flexibility index (Phi) is 6.07. The number of aromatic amines is 1. The van der Waals surface area contributed by atoms with Gasteiger partial charge in [0.25, 0.3) is 0 Å². The van der Waals surface area contributed by atoms with Crippen LogP contribution in [-0.2, 0) is 13.0 Å². The van der Waals surface area contributed by atoms with Crippen LogP contribution in [0.2, 0.25) is 0 Å². The van der Waals surface area contributed by atoms with E-state index in [9.17, 15) is 14.0 Å². The Labute approximate surface area is 183 Å². The van der Waals surface area contributed by atoms with Crippen molar-refractivity contribution in [1.29, 1.82) is 0 Å². The summed E-state index contributed by atoms with van der Waals surface area (Å²) in [5.41, 5.74) is 3.17. The van der Waals surface area contributed by atoms with E-state index in [0.717, 1.165) is 22.3 Å². The van der Waals surface area contributed by atoms with Crippen LogP contribution in [0.5, 0.6) is 0 Å². The van der Waals surface area contributed by atoms with Gasteiger partial charge in [0.2, 0.25) is 17.7 Å². The summed E-state index contributed by atoms with van der Waals surface area (Å²) >= 11 is 0. The Bertz CT molecular complexity index is 1290. The van der Waals surface area contributed by atoms with Gasteiger partial charge in [-0.3, -0.25) is 9.36 Å². The molecule has 0 aliphatic heterocycles. The molecule has 2 heterocycles. The van der Waals surface area contributed by atoms with Gasteiger partial charge in [0.15, 0.2) is 0 Å². The van der Waals surface area contributed by atoms with Crippen molar-refractivity contribution >= 4 is 5.91 Å². The molecule has 9 heteroatoms. The lowest BCUT2D eigenvalue weighted by Crippen LogP contribution is -2.30. The Morgan fingerprint density at radius 1 is 1.06 bits per heavy atom. The predicted molar refractivity (Wildman–Crippen MR) is 118 cm³/mol. The summed E-state index contributed by atoms with van der Waals surface area (Å²) in [6.45, 7) is 3.70. The minimum absolute atomic E-state index is 0.0564. The van der Waals surface area contributed by atoms with Crippen molar-refractivity contribution in [1.82, 2.24) is 29.8 Å². The average Bonchev–Trinajstić information content (AvgIpc) is 3.43. The van der Waals surface area contributed by atoms with E-state index in [-0.39, 0.29) is 18.7 Å². The number of halogens is 1. The number of rotatable bonds is 7. The van der Waals surface area contributed by atoms with Crippen LogP contribution in [0.3, 0.4) is 0 Å². The molecule has 8 nitrogen and oxygen atoms in total. The minimum atomic E-state index is -0.755. The van der Waals surface area contributed by atoms with Crippen molar-refractivity contribution < 1.29 is 9.18 Å². The standard InChI is InChI=1S/C23H23FN6O2/c1-3-7-19-21(24)30(20(31)4-2)23(32)29(19)14-15-10-12-16(13-11-15)17-8-5-6-9-18(17)22-25-27-28-26-22/h5-6,8-13H,3-4,7,14H2,1-2H3,(H,25,26,27,28). The molecule has 4 aromatic rings. The fourth-order valence-corrected chi connectivity index (χ4v) is 3.75. The molecule has 0 atom stereocenters. The molecule has 0 radical (unpaired) electrons. The second-order valence-corrected chi connectivity index (χ2v) is 7.42. The normalized spacial score (nSPS) is 11.1. The zero-order valence-electron chi connectivity index (χ0n) is 17.9. The predicted octanol–water partition coefficient (Wildman–Crippen LogP) is 3.69. The Morgan fingerprint density at radius 2 is 1.78 bits per heavy atom. The van der Waals surface area contributed by atoms with Crippen molar-refractivity contribution in [3.63, 3.8) is 0 Å². The molecule has 0 saturated heterocycles. The van der Waals surface area contributed by atoms with Gasteiger partial charge in [-0.05, 0) is 28.3 Å². The van der Waals surface area contributed by atoms with Crippen LogP contribution in [0, 0.1) is 5.95 Å². The summed E-state index contributed by atoms with van der Waals surface area (Å²) in [6.07, 6.45) is 1.09. The lowest BCUT2D eigenvalue weighted by atomic mass is 9.98. The molecule has 164 valence electrons. The summed E-state index contributed by atoms with van der Waals surface area (Å²) in [5.74, 6) is -0.802. The molecule has 0 aliphatic rings. The van der Waals surface area contributed by atoms with Gasteiger partial charge in [0, 0.05) is 12.0 Å². The molecule has 2 aromatic carbocycles. The first-order valence-electron chi connectivity index (χ1n) is 10.5. The van der Waals surface area contributed by atoms with Crippen LogP contribution in [0.4, 0.5) is 4.39 Å². The second-order valence-electron chi connectivity index (χ2n) is 7.42. The molecule has 32 heavy (non-hydrogen) atoms. The SMILES string of the molecule is CCCc1c(F)n(C(=O)CC)c(=O)n1Cc1ccc(-c2ccccc2-c2nn[nH]n2)cc1. The number of imidazole rings is 1. The molecule has 0 spiro atoms. The molecule has 0 saturated carbocycles. The monoisotopic (exact) mass is 434 g/mol. The van der Waals surface area contributed by atoms with Gasteiger partial charge in [-0.1, -0.05) is 68.8 Å². The molecule has 0 fully saturated rings. The number of carbonyl (C=O) groups is 1. The number of hydrogen-bond acceptors (Lipinski definition) is 5. The molecule has 0 bridgehead atoms. The van der Waals surface area contributed by atoms with Crippen molar-refractivity contribution in [2.75, 3.05) is 0 Å². The Morgan fingerprint density at radius 3 is 2.41 bits per heavy atom. The van der Waals surface area contributed by atoms with E-state index in [1.54, 1.807) is 6.92 Å². The minimum Gasteiger partial charge on any atom is -0.288 e. The molecular weight excluding hydrogens is 411 g/mol. The topological polar surface area (TPSA) is 98.5 Å². The summed E-state index contributed by atoms with van der Waals surface area (Å²) in [6, 6.07) is 15.4. The zero-order valence-corrected chi connectivity index (χ0v) is 17.9. The first kappa shape index (κ1) is 21.4. The first-order chi connectivity index (χ1) is 15.5. The molecule has 0 amide bonds. The van der Waals surface area contributed by atoms with E-state index in [0.29, 0.717) is 23.2 Å². The number of aromatic nitrogens is 6. The van der Waals surface area contributed by atoms with Crippen molar-refractivity contribution in [3.8, 4) is 22.5 Å². The molecule has 0 unspecified atom stereocenters. The van der Waals surface area contributed by atoms with E-state index >= 15 is 0 Å². The maximum atomic E-state index is 14.8. The maximum Gasteiger partial charge on any atom is 0.337 e. The summed E-state index contributed by atoms with van der Waals surface area (Å²) in [5, 5.41) is 14.2. The number of nitrogens with one attached hydrogen (secondary N) is 1. The molecule has 1 N–H and O–H groups in total. The lowest BCUT2D eigenvalue weighted by molar-refractivity contribution is 0.0890. The van der Waals surface area contributed by atoms with Gasteiger partial charge in [-0.25, -0.2) is 9.36 Å². The third-order valence-electron chi connectivity index (χ3n) is 5.34.